The Balaban J connectivity index is 1.55. The number of ether oxygens (including phenoxy) is 2. The number of rotatable bonds is 20. The number of quaternary nitrogens is 1. The van der Waals surface area contributed by atoms with E-state index in [1.54, 1.807) is 0 Å². The van der Waals surface area contributed by atoms with Crippen molar-refractivity contribution in [2.75, 3.05) is 27.2 Å². The van der Waals surface area contributed by atoms with Crippen LogP contribution in [0.1, 0.15) is 95.6 Å². The Morgan fingerprint density at radius 2 is 1.54 bits per heavy atom. The van der Waals surface area contributed by atoms with Gasteiger partial charge in [-0.1, -0.05) is 87.9 Å². The van der Waals surface area contributed by atoms with E-state index >= 15 is 0 Å². The maximum absolute atomic E-state index is 12.2. The highest BCUT2D eigenvalue weighted by Gasteiger charge is 2.16. The van der Waals surface area contributed by atoms with Crippen molar-refractivity contribution in [3.05, 3.63) is 65.7 Å². The molecule has 0 aliphatic carbocycles. The standard InChI is InChI=1S/C33H52NO3/c1-5-6-7-8-9-10-12-18-30-21-17-22-32(27-30)37-29(2)24-26-36-33(35)23-15-16-25-34(3,4)28-31-19-13-11-14-20-31/h11,13-14,17,19-22,27,29H,5-10,12,15-16,18,23-26,28H2,1-4H3/q+1. The van der Waals surface area contributed by atoms with Gasteiger partial charge in [0.2, 0.25) is 0 Å². The Labute approximate surface area is 227 Å². The number of carbonyl (C=O) groups is 1. The van der Waals surface area contributed by atoms with E-state index in [9.17, 15) is 4.79 Å². The predicted octanol–water partition coefficient (Wildman–Crippen LogP) is 8.13. The first kappa shape index (κ1) is 30.9. The highest BCUT2D eigenvalue weighted by atomic mass is 16.5. The van der Waals surface area contributed by atoms with Gasteiger partial charge in [-0.05, 0) is 50.3 Å². The molecule has 0 spiro atoms. The molecule has 1 atom stereocenters. The summed E-state index contributed by atoms with van der Waals surface area (Å²) in [5.41, 5.74) is 2.69. The second-order valence-corrected chi connectivity index (χ2v) is 11.2. The van der Waals surface area contributed by atoms with Crippen molar-refractivity contribution in [1.29, 1.82) is 0 Å². The Hall–Kier alpha value is -2.33. The molecule has 2 rings (SSSR count). The molecule has 37 heavy (non-hydrogen) atoms. The fourth-order valence-electron chi connectivity index (χ4n) is 4.73. The van der Waals surface area contributed by atoms with Crippen LogP contribution in [0.2, 0.25) is 0 Å². The quantitative estimate of drug-likeness (QED) is 0.102. The van der Waals surface area contributed by atoms with Crippen LogP contribution in [0, 0.1) is 0 Å². The summed E-state index contributed by atoms with van der Waals surface area (Å²) in [5, 5.41) is 0. The van der Waals surface area contributed by atoms with Crippen LogP contribution in [0.25, 0.3) is 0 Å². The van der Waals surface area contributed by atoms with E-state index in [1.807, 2.05) is 13.0 Å². The van der Waals surface area contributed by atoms with Gasteiger partial charge < -0.3 is 14.0 Å². The molecule has 0 bridgehead atoms. The smallest absolute Gasteiger partial charge is 0.305 e. The maximum atomic E-state index is 12.2. The molecule has 0 amide bonds. The molecule has 0 saturated carbocycles. The summed E-state index contributed by atoms with van der Waals surface area (Å²) in [6, 6.07) is 19.0. The van der Waals surface area contributed by atoms with Gasteiger partial charge in [0.15, 0.2) is 0 Å². The third-order valence-electron chi connectivity index (χ3n) is 6.94. The van der Waals surface area contributed by atoms with Gasteiger partial charge in [-0.2, -0.15) is 0 Å². The van der Waals surface area contributed by atoms with Gasteiger partial charge in [0.05, 0.1) is 33.4 Å². The molecule has 4 heteroatoms. The zero-order chi connectivity index (χ0) is 26.8. The normalized spacial score (nSPS) is 12.3. The predicted molar refractivity (Wildman–Crippen MR) is 155 cm³/mol. The second kappa shape index (κ2) is 18.0. The van der Waals surface area contributed by atoms with Crippen molar-refractivity contribution in [2.45, 2.75) is 104 Å². The lowest BCUT2D eigenvalue weighted by atomic mass is 10.0. The fraction of sp³-hybridized carbons (Fsp3) is 0.606. The minimum absolute atomic E-state index is 0.0118. The summed E-state index contributed by atoms with van der Waals surface area (Å²) in [6.45, 7) is 6.77. The van der Waals surface area contributed by atoms with Crippen LogP contribution < -0.4 is 4.74 Å². The van der Waals surface area contributed by atoms with E-state index in [0.29, 0.717) is 19.4 Å². The number of esters is 1. The maximum Gasteiger partial charge on any atom is 0.305 e. The molecule has 0 radical (unpaired) electrons. The third-order valence-corrected chi connectivity index (χ3v) is 6.94. The number of carbonyl (C=O) groups excluding carboxylic acids is 1. The Kier molecular flexibility index (Phi) is 15.0. The first-order chi connectivity index (χ1) is 17.9. The average molecular weight is 511 g/mol. The second-order valence-electron chi connectivity index (χ2n) is 11.2. The summed E-state index contributed by atoms with van der Waals surface area (Å²) in [7, 11) is 4.50. The van der Waals surface area contributed by atoms with Crippen LogP contribution >= 0.6 is 0 Å². The number of hydrogen-bond acceptors (Lipinski definition) is 3. The Bertz CT molecular complexity index is 865. The highest BCUT2D eigenvalue weighted by molar-refractivity contribution is 5.69. The van der Waals surface area contributed by atoms with Crippen LogP contribution in [-0.2, 0) is 22.5 Å². The monoisotopic (exact) mass is 510 g/mol. The molecule has 0 fully saturated rings. The Morgan fingerprint density at radius 1 is 0.838 bits per heavy atom. The average Bonchev–Trinajstić information content (AvgIpc) is 2.87. The van der Waals surface area contributed by atoms with E-state index in [2.05, 4.69) is 69.6 Å². The summed E-state index contributed by atoms with van der Waals surface area (Å²) < 4.78 is 12.5. The van der Waals surface area contributed by atoms with Gasteiger partial charge in [-0.25, -0.2) is 0 Å². The number of unbranched alkanes of at least 4 members (excludes halogenated alkanes) is 7. The van der Waals surface area contributed by atoms with Crippen molar-refractivity contribution >= 4 is 5.97 Å². The summed E-state index contributed by atoms with van der Waals surface area (Å²) in [4.78, 5) is 12.2. The van der Waals surface area contributed by atoms with Gasteiger partial charge in [0.25, 0.3) is 0 Å². The number of nitrogens with zero attached hydrogens (tertiary/aromatic N) is 1. The molecule has 206 valence electrons. The molecule has 0 aliphatic heterocycles. The fourth-order valence-corrected chi connectivity index (χ4v) is 4.73. The topological polar surface area (TPSA) is 35.5 Å². The van der Waals surface area contributed by atoms with Crippen LogP contribution in [0.4, 0.5) is 0 Å². The zero-order valence-corrected chi connectivity index (χ0v) is 24.1. The molecule has 0 aromatic heterocycles. The summed E-state index contributed by atoms with van der Waals surface area (Å²) in [5.74, 6) is 0.813. The van der Waals surface area contributed by atoms with Crippen molar-refractivity contribution in [1.82, 2.24) is 0 Å². The van der Waals surface area contributed by atoms with Gasteiger partial charge >= 0.3 is 5.97 Å². The zero-order valence-electron chi connectivity index (χ0n) is 24.1. The minimum Gasteiger partial charge on any atom is -0.491 e. The highest BCUT2D eigenvalue weighted by Crippen LogP contribution is 2.18. The van der Waals surface area contributed by atoms with E-state index in [1.165, 1.54) is 56.1 Å². The lowest BCUT2D eigenvalue weighted by Crippen LogP contribution is -2.39. The van der Waals surface area contributed by atoms with Gasteiger partial charge in [-0.3, -0.25) is 4.79 Å². The third kappa shape index (κ3) is 14.9. The molecule has 0 N–H and O–H groups in total. The molecule has 1 unspecified atom stereocenters. The SMILES string of the molecule is CCCCCCCCCc1cccc(OC(C)CCOC(=O)CCCC[N+](C)(C)Cc2ccccc2)c1. The molecule has 0 heterocycles. The molecule has 0 aliphatic rings. The van der Waals surface area contributed by atoms with Crippen molar-refractivity contribution < 1.29 is 18.8 Å². The van der Waals surface area contributed by atoms with E-state index in [-0.39, 0.29) is 12.1 Å². The van der Waals surface area contributed by atoms with E-state index < -0.39 is 0 Å². The molecule has 4 nitrogen and oxygen atoms in total. The molecular formula is C33H52NO3+. The Morgan fingerprint density at radius 3 is 2.30 bits per heavy atom. The van der Waals surface area contributed by atoms with Crippen LogP contribution in [-0.4, -0.2) is 43.8 Å². The molecule has 0 saturated heterocycles. The molecular weight excluding hydrogens is 458 g/mol. The van der Waals surface area contributed by atoms with E-state index in [0.717, 1.165) is 42.6 Å². The lowest BCUT2D eigenvalue weighted by molar-refractivity contribution is -0.903. The van der Waals surface area contributed by atoms with Crippen LogP contribution in [0.5, 0.6) is 5.75 Å². The number of hydrogen-bond donors (Lipinski definition) is 0. The first-order valence-corrected chi connectivity index (χ1v) is 14.6. The number of aryl methyl sites for hydroxylation is 1. The van der Waals surface area contributed by atoms with Gasteiger partial charge in [-0.15, -0.1) is 0 Å². The van der Waals surface area contributed by atoms with Gasteiger partial charge in [0.1, 0.15) is 12.3 Å². The van der Waals surface area contributed by atoms with Crippen LogP contribution in [0.15, 0.2) is 54.6 Å². The van der Waals surface area contributed by atoms with Crippen LogP contribution in [0.3, 0.4) is 0 Å². The van der Waals surface area contributed by atoms with Crippen molar-refractivity contribution in [2.24, 2.45) is 0 Å². The van der Waals surface area contributed by atoms with E-state index in [4.69, 9.17) is 9.47 Å². The minimum atomic E-state index is -0.0998. The molecule has 2 aromatic rings. The lowest BCUT2D eigenvalue weighted by Gasteiger charge is -2.30. The first-order valence-electron chi connectivity index (χ1n) is 14.6. The van der Waals surface area contributed by atoms with Crippen molar-refractivity contribution in [3.8, 4) is 5.75 Å². The number of benzene rings is 2. The van der Waals surface area contributed by atoms with Crippen molar-refractivity contribution in [3.63, 3.8) is 0 Å². The largest absolute Gasteiger partial charge is 0.491 e. The van der Waals surface area contributed by atoms with Gasteiger partial charge in [0, 0.05) is 18.4 Å². The summed E-state index contributed by atoms with van der Waals surface area (Å²) >= 11 is 0. The molecule has 2 aromatic carbocycles. The summed E-state index contributed by atoms with van der Waals surface area (Å²) in [6.07, 6.45) is 13.5.